The molecule has 0 aliphatic carbocycles. The number of rotatable bonds is 50. The van der Waals surface area contributed by atoms with E-state index in [1.807, 2.05) is 12.2 Å². The fourth-order valence-corrected chi connectivity index (χ4v) is 8.12. The van der Waals surface area contributed by atoms with Gasteiger partial charge >= 0.3 is 25.7 Å². The molecule has 11 nitrogen and oxygen atoms in total. The van der Waals surface area contributed by atoms with E-state index in [1.165, 1.54) is 103 Å². The number of aliphatic hydroxyl groups excluding tert-OH is 1. The number of carbonyl (C=O) groups excluding carboxylic acids is 3. The maximum atomic E-state index is 12.8. The molecule has 0 aromatic carbocycles. The molecule has 0 saturated heterocycles. The van der Waals surface area contributed by atoms with E-state index in [9.17, 15) is 28.9 Å². The Bertz CT molecular complexity index is 1370. The Morgan fingerprint density at radius 3 is 1.18 bits per heavy atom. The van der Waals surface area contributed by atoms with Gasteiger partial charge in [-0.3, -0.25) is 23.4 Å². The highest BCUT2D eigenvalue weighted by Gasteiger charge is 2.28. The van der Waals surface area contributed by atoms with Gasteiger partial charge in [0.25, 0.3) is 0 Å². The Kier molecular flexibility index (Phi) is 48.5. The van der Waals surface area contributed by atoms with Crippen molar-refractivity contribution in [1.29, 1.82) is 0 Å². The van der Waals surface area contributed by atoms with Gasteiger partial charge in [0, 0.05) is 19.3 Å². The average molecular weight is 979 g/mol. The topological polar surface area (TPSA) is 155 Å². The van der Waals surface area contributed by atoms with Crippen molar-refractivity contribution < 1.29 is 52.2 Å². The van der Waals surface area contributed by atoms with Crippen LogP contribution in [0, 0.1) is 0 Å². The lowest BCUT2D eigenvalue weighted by molar-refractivity contribution is -0.161. The van der Waals surface area contributed by atoms with Crippen LogP contribution >= 0.6 is 7.82 Å². The lowest BCUT2D eigenvalue weighted by Crippen LogP contribution is -2.30. The molecule has 0 fully saturated rings. The molecule has 3 unspecified atom stereocenters. The normalized spacial score (nSPS) is 13.9. The third-order valence-corrected chi connectivity index (χ3v) is 12.4. The molecule has 0 aromatic rings. The summed E-state index contributed by atoms with van der Waals surface area (Å²) in [7, 11) is -4.75. The molecule has 0 radical (unpaired) electrons. The molecular weight excluding hydrogens is 880 g/mol. The molecule has 68 heavy (non-hydrogen) atoms. The van der Waals surface area contributed by atoms with Gasteiger partial charge in [0.05, 0.1) is 19.8 Å². The summed E-state index contributed by atoms with van der Waals surface area (Å²) in [6.07, 6.45) is 53.4. The number of hydrogen-bond acceptors (Lipinski definition) is 10. The van der Waals surface area contributed by atoms with E-state index >= 15 is 0 Å². The first-order valence-corrected chi connectivity index (χ1v) is 28.7. The van der Waals surface area contributed by atoms with Crippen molar-refractivity contribution in [3.8, 4) is 0 Å². The lowest BCUT2D eigenvalue weighted by Gasteiger charge is -2.21. The molecule has 0 aromatic heterocycles. The zero-order chi connectivity index (χ0) is 49.9. The fraction of sp³-hybridized carbons (Fsp3) is 0.768. The van der Waals surface area contributed by atoms with Gasteiger partial charge in [-0.05, 0) is 57.8 Å². The van der Waals surface area contributed by atoms with Gasteiger partial charge in [-0.15, -0.1) is 0 Å². The number of phosphoric acid groups is 1. The van der Waals surface area contributed by atoms with Crippen molar-refractivity contribution in [2.24, 2.45) is 0 Å². The fourth-order valence-electron chi connectivity index (χ4n) is 7.33. The molecular formula is C56H99O11P. The molecule has 0 heterocycles. The second-order valence-electron chi connectivity index (χ2n) is 18.0. The SMILES string of the molecule is CC/C=C\C/C=C\C/C=C\C/C=C\C/C=C\CCCC(=O)OC(COC(=O)CCCCCCCCCCC)COP(=O)(O)OCC(CO)OC(=O)CCCCCCCCCCCCCCCCC. The summed E-state index contributed by atoms with van der Waals surface area (Å²) in [5, 5.41) is 9.79. The zero-order valence-electron chi connectivity index (χ0n) is 43.3. The third-order valence-electron chi connectivity index (χ3n) is 11.5. The first kappa shape index (κ1) is 65.2. The van der Waals surface area contributed by atoms with E-state index in [1.54, 1.807) is 0 Å². The minimum Gasteiger partial charge on any atom is -0.462 e. The molecule has 0 aliphatic rings. The summed E-state index contributed by atoms with van der Waals surface area (Å²) < 4.78 is 39.3. The number of ether oxygens (including phenoxy) is 3. The second-order valence-corrected chi connectivity index (χ2v) is 19.5. The van der Waals surface area contributed by atoms with Crippen molar-refractivity contribution in [2.75, 3.05) is 26.4 Å². The number of unbranched alkanes of at least 4 members (excludes halogenated alkanes) is 23. The molecule has 3 atom stereocenters. The van der Waals surface area contributed by atoms with Crippen LogP contribution in [-0.4, -0.2) is 66.5 Å². The first-order valence-electron chi connectivity index (χ1n) is 27.2. The number of phosphoric ester groups is 1. The Balaban J connectivity index is 4.73. The Morgan fingerprint density at radius 1 is 0.426 bits per heavy atom. The molecule has 0 saturated carbocycles. The summed E-state index contributed by atoms with van der Waals surface area (Å²) in [5.41, 5.74) is 0. The number of allylic oxidation sites excluding steroid dienone is 10. The van der Waals surface area contributed by atoms with Crippen LogP contribution in [0.15, 0.2) is 60.8 Å². The van der Waals surface area contributed by atoms with E-state index < -0.39 is 57.8 Å². The smallest absolute Gasteiger partial charge is 0.462 e. The van der Waals surface area contributed by atoms with Crippen LogP contribution in [0.5, 0.6) is 0 Å². The highest BCUT2D eigenvalue weighted by molar-refractivity contribution is 7.47. The van der Waals surface area contributed by atoms with Crippen molar-refractivity contribution in [3.63, 3.8) is 0 Å². The minimum absolute atomic E-state index is 0.0907. The Morgan fingerprint density at radius 2 is 0.765 bits per heavy atom. The number of aliphatic hydroxyl groups is 1. The maximum Gasteiger partial charge on any atom is 0.472 e. The van der Waals surface area contributed by atoms with E-state index in [0.717, 1.165) is 70.6 Å². The van der Waals surface area contributed by atoms with Crippen molar-refractivity contribution in [3.05, 3.63) is 60.8 Å². The summed E-state index contributed by atoms with van der Waals surface area (Å²) in [4.78, 5) is 48.3. The van der Waals surface area contributed by atoms with Gasteiger partial charge in [-0.2, -0.15) is 0 Å². The van der Waals surface area contributed by atoms with Crippen molar-refractivity contribution in [2.45, 2.75) is 251 Å². The van der Waals surface area contributed by atoms with Crippen LogP contribution in [0.3, 0.4) is 0 Å². The molecule has 0 bridgehead atoms. The zero-order valence-corrected chi connectivity index (χ0v) is 44.2. The molecule has 0 rings (SSSR count). The van der Waals surface area contributed by atoms with Crippen molar-refractivity contribution >= 4 is 25.7 Å². The van der Waals surface area contributed by atoms with Gasteiger partial charge < -0.3 is 24.2 Å². The van der Waals surface area contributed by atoms with Crippen LogP contribution < -0.4 is 0 Å². The van der Waals surface area contributed by atoms with E-state index in [-0.39, 0.29) is 25.9 Å². The van der Waals surface area contributed by atoms with E-state index in [0.29, 0.717) is 25.7 Å². The summed E-state index contributed by atoms with van der Waals surface area (Å²) in [6, 6.07) is 0. The van der Waals surface area contributed by atoms with Crippen LogP contribution in [0.1, 0.15) is 239 Å². The number of esters is 3. The number of hydrogen-bond donors (Lipinski definition) is 2. The largest absolute Gasteiger partial charge is 0.472 e. The Labute approximate surface area is 415 Å². The van der Waals surface area contributed by atoms with Gasteiger partial charge in [0.1, 0.15) is 12.7 Å². The molecule has 0 spiro atoms. The van der Waals surface area contributed by atoms with Gasteiger partial charge in [0.15, 0.2) is 6.10 Å². The summed E-state index contributed by atoms with van der Waals surface area (Å²) in [5.74, 6) is -1.53. The van der Waals surface area contributed by atoms with Crippen LogP contribution in [-0.2, 0) is 42.2 Å². The van der Waals surface area contributed by atoms with Gasteiger partial charge in [0.2, 0.25) is 0 Å². The molecule has 12 heteroatoms. The molecule has 394 valence electrons. The molecule has 0 aliphatic heterocycles. The predicted octanol–water partition coefficient (Wildman–Crippen LogP) is 15.6. The molecule has 0 amide bonds. The molecule has 2 N–H and O–H groups in total. The Hall–Kier alpha value is -2.82. The average Bonchev–Trinajstić information content (AvgIpc) is 3.32. The monoisotopic (exact) mass is 979 g/mol. The van der Waals surface area contributed by atoms with Crippen LogP contribution in [0.25, 0.3) is 0 Å². The standard InChI is InChI=1S/C56H99O11P/c1-4-7-10-13-16-19-21-23-25-26-28-30-32-35-38-41-44-47-56(60)67-53(49-63-54(58)45-42-39-36-33-18-15-12-9-6-3)51-65-68(61,62)64-50-52(48-57)66-55(59)46-43-40-37-34-31-29-27-24-22-20-17-14-11-8-5-2/h7,10,16,19,23,25,28,30,35,38,52-53,57H,4-6,8-9,11-15,17-18,20-22,24,26-27,29,31-34,36-37,39-51H2,1-3H3,(H,61,62)/b10-7-,19-16-,25-23-,30-28-,38-35-. The third kappa shape index (κ3) is 48.2. The quantitative estimate of drug-likeness (QED) is 0.0197. The van der Waals surface area contributed by atoms with Gasteiger partial charge in [-0.1, -0.05) is 223 Å². The van der Waals surface area contributed by atoms with Gasteiger partial charge in [-0.25, -0.2) is 4.57 Å². The summed E-state index contributed by atoms with van der Waals surface area (Å²) in [6.45, 7) is 4.45. The highest BCUT2D eigenvalue weighted by atomic mass is 31.2. The van der Waals surface area contributed by atoms with Crippen LogP contribution in [0.2, 0.25) is 0 Å². The van der Waals surface area contributed by atoms with Crippen molar-refractivity contribution in [1.82, 2.24) is 0 Å². The first-order chi connectivity index (χ1) is 33.2. The highest BCUT2D eigenvalue weighted by Crippen LogP contribution is 2.43. The number of carbonyl (C=O) groups is 3. The summed E-state index contributed by atoms with van der Waals surface area (Å²) >= 11 is 0. The maximum absolute atomic E-state index is 12.8. The van der Waals surface area contributed by atoms with E-state index in [2.05, 4.69) is 69.4 Å². The predicted molar refractivity (Wildman–Crippen MR) is 279 cm³/mol. The lowest BCUT2D eigenvalue weighted by atomic mass is 10.0. The van der Waals surface area contributed by atoms with Crippen LogP contribution in [0.4, 0.5) is 0 Å². The minimum atomic E-state index is -4.75. The van der Waals surface area contributed by atoms with E-state index in [4.69, 9.17) is 23.3 Å². The second kappa shape index (κ2) is 50.6.